The van der Waals surface area contributed by atoms with E-state index in [1.165, 1.54) is 16.3 Å². The van der Waals surface area contributed by atoms with Crippen molar-refractivity contribution in [3.63, 3.8) is 0 Å². The molecule has 0 unspecified atom stereocenters. The van der Waals surface area contributed by atoms with E-state index in [1.807, 2.05) is 24.8 Å². The van der Waals surface area contributed by atoms with Crippen LogP contribution in [-0.2, 0) is 13.1 Å². The molecule has 6 heteroatoms. The molecular formula is C18H21Cl2N3O-2. The Morgan fingerprint density at radius 1 is 1.12 bits per heavy atom. The van der Waals surface area contributed by atoms with Crippen LogP contribution in [0.4, 0.5) is 0 Å². The fourth-order valence-corrected chi connectivity index (χ4v) is 2.71. The van der Waals surface area contributed by atoms with Crippen molar-refractivity contribution < 1.29 is 29.6 Å². The van der Waals surface area contributed by atoms with Gasteiger partial charge in [-0.1, -0.05) is 30.3 Å². The Labute approximate surface area is 155 Å². The first-order valence-corrected chi connectivity index (χ1v) is 7.59. The standard InChI is InChI=1S/C18H21N3O.2ClH/c1-22-18-8-7-15-5-2-3-6-16(15)17(18)13-19-9-4-11-21-12-10-20-14-21;;/h2-3,5-8,10,12,14,19H,4,9,11,13H2,1H3;2*1H/p-2. The normalized spacial score (nSPS) is 10.0. The van der Waals surface area contributed by atoms with Crippen molar-refractivity contribution in [2.24, 2.45) is 0 Å². The Kier molecular flexibility index (Phi) is 8.61. The highest BCUT2D eigenvalue weighted by Gasteiger charge is 2.07. The van der Waals surface area contributed by atoms with E-state index in [0.29, 0.717) is 0 Å². The van der Waals surface area contributed by atoms with E-state index in [4.69, 9.17) is 4.74 Å². The predicted molar refractivity (Wildman–Crippen MR) is 89.1 cm³/mol. The molecule has 0 aliphatic carbocycles. The number of methoxy groups -OCH3 is 1. The highest BCUT2D eigenvalue weighted by atomic mass is 35.5. The molecule has 0 amide bonds. The summed E-state index contributed by atoms with van der Waals surface area (Å²) in [6, 6.07) is 12.6. The van der Waals surface area contributed by atoms with Gasteiger partial charge in [-0.15, -0.1) is 0 Å². The van der Waals surface area contributed by atoms with Gasteiger partial charge in [0.15, 0.2) is 0 Å². The number of hydrogen-bond donors (Lipinski definition) is 1. The van der Waals surface area contributed by atoms with Crippen LogP contribution in [0.25, 0.3) is 10.8 Å². The second-order valence-corrected chi connectivity index (χ2v) is 5.30. The zero-order valence-electron chi connectivity index (χ0n) is 13.6. The van der Waals surface area contributed by atoms with Crippen molar-refractivity contribution in [1.29, 1.82) is 0 Å². The zero-order valence-corrected chi connectivity index (χ0v) is 15.1. The molecule has 3 aromatic rings. The Hall–Kier alpha value is -1.75. The number of ether oxygens (including phenoxy) is 1. The van der Waals surface area contributed by atoms with Gasteiger partial charge in [0.25, 0.3) is 0 Å². The van der Waals surface area contributed by atoms with Crippen molar-refractivity contribution in [3.8, 4) is 5.75 Å². The van der Waals surface area contributed by atoms with E-state index in [-0.39, 0.29) is 24.8 Å². The number of benzene rings is 2. The molecule has 0 atom stereocenters. The number of nitrogens with zero attached hydrogens (tertiary/aromatic N) is 2. The minimum atomic E-state index is 0. The van der Waals surface area contributed by atoms with Crippen LogP contribution in [0.5, 0.6) is 5.75 Å². The van der Waals surface area contributed by atoms with Gasteiger partial charge in [-0.2, -0.15) is 0 Å². The SMILES string of the molecule is COc1ccc2ccccc2c1CNCCCn1ccnc1.[Cl-].[Cl-]. The molecule has 0 radical (unpaired) electrons. The van der Waals surface area contributed by atoms with Crippen LogP contribution >= 0.6 is 0 Å². The largest absolute Gasteiger partial charge is 1.00 e. The van der Waals surface area contributed by atoms with Crippen molar-refractivity contribution >= 4 is 10.8 Å². The molecule has 1 heterocycles. The van der Waals surface area contributed by atoms with E-state index in [9.17, 15) is 0 Å². The van der Waals surface area contributed by atoms with Crippen LogP contribution in [0.2, 0.25) is 0 Å². The smallest absolute Gasteiger partial charge is 0.123 e. The molecule has 3 rings (SSSR count). The quantitative estimate of drug-likeness (QED) is 0.461. The summed E-state index contributed by atoms with van der Waals surface area (Å²) in [5, 5.41) is 6.02. The average molecular weight is 366 g/mol. The highest BCUT2D eigenvalue weighted by Crippen LogP contribution is 2.27. The maximum absolute atomic E-state index is 5.52. The molecule has 0 saturated heterocycles. The van der Waals surface area contributed by atoms with Crippen LogP contribution in [0.3, 0.4) is 0 Å². The molecule has 1 aromatic heterocycles. The maximum Gasteiger partial charge on any atom is 0.123 e. The molecule has 4 nitrogen and oxygen atoms in total. The summed E-state index contributed by atoms with van der Waals surface area (Å²) in [4.78, 5) is 4.05. The molecule has 0 fully saturated rings. The summed E-state index contributed by atoms with van der Waals surface area (Å²) in [5.74, 6) is 0.945. The number of nitrogens with one attached hydrogen (secondary N) is 1. The second kappa shape index (κ2) is 10.2. The lowest BCUT2D eigenvalue weighted by atomic mass is 10.0. The molecule has 1 N–H and O–H groups in total. The van der Waals surface area contributed by atoms with Crippen molar-refractivity contribution in [3.05, 3.63) is 60.7 Å². The number of rotatable bonds is 7. The third-order valence-corrected chi connectivity index (χ3v) is 3.85. The van der Waals surface area contributed by atoms with Gasteiger partial charge in [-0.3, -0.25) is 0 Å². The summed E-state index contributed by atoms with van der Waals surface area (Å²) in [6.45, 7) is 2.76. The number of hydrogen-bond acceptors (Lipinski definition) is 3. The lowest BCUT2D eigenvalue weighted by molar-refractivity contribution is -0.00100. The van der Waals surface area contributed by atoms with Gasteiger partial charge in [0.1, 0.15) is 5.75 Å². The van der Waals surface area contributed by atoms with Crippen LogP contribution in [-0.4, -0.2) is 23.2 Å². The third-order valence-electron chi connectivity index (χ3n) is 3.85. The van der Waals surface area contributed by atoms with Crippen molar-refractivity contribution in [1.82, 2.24) is 14.9 Å². The molecule has 2 aromatic carbocycles. The van der Waals surface area contributed by atoms with Gasteiger partial charge < -0.3 is 39.4 Å². The molecule has 0 aliphatic rings. The first-order chi connectivity index (χ1) is 10.9. The molecule has 0 spiro atoms. The lowest BCUT2D eigenvalue weighted by Crippen LogP contribution is -3.00. The molecule has 130 valence electrons. The van der Waals surface area contributed by atoms with Gasteiger partial charge in [0.2, 0.25) is 0 Å². The van der Waals surface area contributed by atoms with Gasteiger partial charge >= 0.3 is 0 Å². The fourth-order valence-electron chi connectivity index (χ4n) is 2.71. The van der Waals surface area contributed by atoms with E-state index in [2.05, 4.69) is 45.2 Å². The minimum Gasteiger partial charge on any atom is -1.00 e. The Morgan fingerprint density at radius 3 is 2.71 bits per heavy atom. The number of aryl methyl sites for hydroxylation is 1. The third kappa shape index (κ3) is 4.87. The van der Waals surface area contributed by atoms with Crippen LogP contribution < -0.4 is 34.9 Å². The first-order valence-electron chi connectivity index (χ1n) is 7.59. The number of aromatic nitrogens is 2. The van der Waals surface area contributed by atoms with Crippen molar-refractivity contribution in [2.45, 2.75) is 19.5 Å². The van der Waals surface area contributed by atoms with E-state index >= 15 is 0 Å². The summed E-state index contributed by atoms with van der Waals surface area (Å²) < 4.78 is 7.61. The van der Waals surface area contributed by atoms with E-state index < -0.39 is 0 Å². The molecule has 0 bridgehead atoms. The summed E-state index contributed by atoms with van der Waals surface area (Å²) in [5.41, 5.74) is 1.23. The Balaban J connectivity index is 0.00000144. The first kappa shape index (κ1) is 20.3. The van der Waals surface area contributed by atoms with E-state index in [1.54, 1.807) is 7.11 Å². The Bertz CT molecular complexity index is 732. The molecular weight excluding hydrogens is 345 g/mol. The highest BCUT2D eigenvalue weighted by molar-refractivity contribution is 5.87. The monoisotopic (exact) mass is 365 g/mol. The molecule has 24 heavy (non-hydrogen) atoms. The van der Waals surface area contributed by atoms with Crippen molar-refractivity contribution in [2.75, 3.05) is 13.7 Å². The predicted octanol–water partition coefficient (Wildman–Crippen LogP) is -2.77. The van der Waals surface area contributed by atoms with Gasteiger partial charge in [-0.25, -0.2) is 4.98 Å². The average Bonchev–Trinajstić information content (AvgIpc) is 3.08. The fraction of sp³-hybridized carbons (Fsp3) is 0.278. The van der Waals surface area contributed by atoms with Gasteiger partial charge in [-0.05, 0) is 29.8 Å². The van der Waals surface area contributed by atoms with Crippen LogP contribution in [0.15, 0.2) is 55.1 Å². The number of imidazole rings is 1. The van der Waals surface area contributed by atoms with Crippen LogP contribution in [0.1, 0.15) is 12.0 Å². The number of halogens is 2. The maximum atomic E-state index is 5.52. The second-order valence-electron chi connectivity index (χ2n) is 5.30. The van der Waals surface area contributed by atoms with E-state index in [0.717, 1.165) is 31.8 Å². The topological polar surface area (TPSA) is 39.1 Å². The Morgan fingerprint density at radius 2 is 1.96 bits per heavy atom. The van der Waals surface area contributed by atoms with Gasteiger partial charge in [0, 0.05) is 31.0 Å². The lowest BCUT2D eigenvalue weighted by Gasteiger charge is -2.13. The molecule has 0 aliphatic heterocycles. The molecule has 0 saturated carbocycles. The van der Waals surface area contributed by atoms with Crippen LogP contribution in [0, 0.1) is 0 Å². The van der Waals surface area contributed by atoms with Gasteiger partial charge in [0.05, 0.1) is 13.4 Å². The minimum absolute atomic E-state index is 0. The summed E-state index contributed by atoms with van der Waals surface area (Å²) >= 11 is 0. The summed E-state index contributed by atoms with van der Waals surface area (Å²) in [6.07, 6.45) is 6.74. The zero-order chi connectivity index (χ0) is 15.2. The number of fused-ring (bicyclic) bond motifs is 1. The summed E-state index contributed by atoms with van der Waals surface area (Å²) in [7, 11) is 1.73.